The highest BCUT2D eigenvalue weighted by atomic mass is 16.6. The van der Waals surface area contributed by atoms with Crippen LogP contribution in [0.4, 0.5) is 4.79 Å². The third-order valence-corrected chi connectivity index (χ3v) is 4.15. The molecular weight excluding hydrogens is 312 g/mol. The molecule has 25 heavy (non-hydrogen) atoms. The Morgan fingerprint density at radius 3 is 2.28 bits per heavy atom. The van der Waals surface area contributed by atoms with E-state index in [-0.39, 0.29) is 18.7 Å². The molecule has 1 atom stereocenters. The average Bonchev–Trinajstić information content (AvgIpc) is 3.14. The van der Waals surface area contributed by atoms with Crippen molar-refractivity contribution in [2.75, 3.05) is 19.7 Å². The van der Waals surface area contributed by atoms with E-state index in [1.165, 1.54) is 0 Å². The van der Waals surface area contributed by atoms with Crippen molar-refractivity contribution in [1.29, 1.82) is 0 Å². The van der Waals surface area contributed by atoms with Crippen molar-refractivity contribution in [3.63, 3.8) is 0 Å². The molecule has 0 N–H and O–H groups in total. The zero-order valence-electron chi connectivity index (χ0n) is 14.2. The first kappa shape index (κ1) is 17.0. The van der Waals surface area contributed by atoms with Gasteiger partial charge in [-0.05, 0) is 6.42 Å². The van der Waals surface area contributed by atoms with Crippen LogP contribution in [0.5, 0.6) is 0 Å². The molecule has 1 saturated heterocycles. The van der Waals surface area contributed by atoms with Gasteiger partial charge in [0.15, 0.2) is 0 Å². The minimum Gasteiger partial charge on any atom is -0.445 e. The summed E-state index contributed by atoms with van der Waals surface area (Å²) in [5.41, 5.74) is 3.13. The van der Waals surface area contributed by atoms with Crippen molar-refractivity contribution in [1.82, 2.24) is 4.90 Å². The lowest BCUT2D eigenvalue weighted by Gasteiger charge is -2.15. The van der Waals surface area contributed by atoms with Gasteiger partial charge in [-0.3, -0.25) is 4.99 Å². The van der Waals surface area contributed by atoms with E-state index in [1.807, 2.05) is 36.4 Å². The summed E-state index contributed by atoms with van der Waals surface area (Å²) in [6.07, 6.45) is 2.12. The van der Waals surface area contributed by atoms with Gasteiger partial charge in [-0.25, -0.2) is 4.79 Å². The zero-order valence-corrected chi connectivity index (χ0v) is 14.2. The van der Waals surface area contributed by atoms with E-state index in [0.717, 1.165) is 23.3 Å². The van der Waals surface area contributed by atoms with E-state index in [2.05, 4.69) is 30.8 Å². The summed E-state index contributed by atoms with van der Waals surface area (Å²) in [6.45, 7) is 5.05. The lowest BCUT2D eigenvalue weighted by molar-refractivity contribution is 0.121. The first-order valence-electron chi connectivity index (χ1n) is 8.49. The third-order valence-electron chi connectivity index (χ3n) is 4.15. The van der Waals surface area contributed by atoms with Crippen LogP contribution in [-0.2, 0) is 4.74 Å². The second-order valence-corrected chi connectivity index (χ2v) is 5.96. The molecule has 0 bridgehead atoms. The van der Waals surface area contributed by atoms with Crippen LogP contribution >= 0.6 is 0 Å². The molecule has 0 radical (unpaired) electrons. The second kappa shape index (κ2) is 8.29. The van der Waals surface area contributed by atoms with Gasteiger partial charge < -0.3 is 9.64 Å². The number of hydrogen-bond acceptors (Lipinski definition) is 3. The summed E-state index contributed by atoms with van der Waals surface area (Å²) in [4.78, 5) is 18.7. The van der Waals surface area contributed by atoms with Crippen LogP contribution in [0.2, 0.25) is 0 Å². The summed E-state index contributed by atoms with van der Waals surface area (Å²) < 4.78 is 5.12. The molecule has 0 unspecified atom stereocenters. The van der Waals surface area contributed by atoms with Crippen LogP contribution in [-0.4, -0.2) is 42.4 Å². The summed E-state index contributed by atoms with van der Waals surface area (Å²) in [5.74, 6) is 0. The van der Waals surface area contributed by atoms with Crippen LogP contribution in [0, 0.1) is 0 Å². The number of ether oxygens (including phenoxy) is 1. The standard InChI is InChI=1S/C21H22N2O2/c1-2-15-25-21(24)23-14-13-19(16-23)22-20(17-9-5-3-6-10-17)18-11-7-4-8-12-18/h2-12,19H,1,13-16H2/t19-/m1/s1. The maximum atomic E-state index is 12.0. The number of aliphatic imine (C=N–C) groups is 1. The molecule has 3 rings (SSSR count). The molecule has 0 aliphatic carbocycles. The van der Waals surface area contributed by atoms with Crippen LogP contribution in [0.15, 0.2) is 78.3 Å². The summed E-state index contributed by atoms with van der Waals surface area (Å²) in [7, 11) is 0. The van der Waals surface area contributed by atoms with Crippen molar-refractivity contribution in [3.8, 4) is 0 Å². The first-order valence-corrected chi connectivity index (χ1v) is 8.49. The number of carbonyl (C=O) groups excluding carboxylic acids is 1. The predicted molar refractivity (Wildman–Crippen MR) is 100 cm³/mol. The fourth-order valence-electron chi connectivity index (χ4n) is 2.92. The topological polar surface area (TPSA) is 41.9 Å². The van der Waals surface area contributed by atoms with Gasteiger partial charge in [0.1, 0.15) is 6.61 Å². The lowest BCUT2D eigenvalue weighted by Crippen LogP contribution is -2.30. The normalized spacial score (nSPS) is 16.3. The van der Waals surface area contributed by atoms with Gasteiger partial charge in [-0.15, -0.1) is 0 Å². The van der Waals surface area contributed by atoms with Gasteiger partial charge >= 0.3 is 6.09 Å². The number of rotatable bonds is 5. The van der Waals surface area contributed by atoms with E-state index in [0.29, 0.717) is 13.1 Å². The van der Waals surface area contributed by atoms with E-state index in [9.17, 15) is 4.79 Å². The highest BCUT2D eigenvalue weighted by Gasteiger charge is 2.27. The fourth-order valence-corrected chi connectivity index (χ4v) is 2.92. The molecule has 0 saturated carbocycles. The van der Waals surface area contributed by atoms with Gasteiger partial charge in [0, 0.05) is 24.2 Å². The second-order valence-electron chi connectivity index (χ2n) is 5.96. The fraction of sp³-hybridized carbons (Fsp3) is 0.238. The Kier molecular flexibility index (Phi) is 5.62. The van der Waals surface area contributed by atoms with Gasteiger partial charge in [-0.2, -0.15) is 0 Å². The minimum atomic E-state index is -0.293. The molecule has 4 heteroatoms. The summed E-state index contributed by atoms with van der Waals surface area (Å²) >= 11 is 0. The van der Waals surface area contributed by atoms with E-state index in [1.54, 1.807) is 11.0 Å². The van der Waals surface area contributed by atoms with Crippen molar-refractivity contribution in [3.05, 3.63) is 84.4 Å². The van der Waals surface area contributed by atoms with Crippen molar-refractivity contribution in [2.45, 2.75) is 12.5 Å². The molecule has 128 valence electrons. The largest absolute Gasteiger partial charge is 0.445 e. The van der Waals surface area contributed by atoms with Crippen molar-refractivity contribution < 1.29 is 9.53 Å². The Labute approximate surface area is 148 Å². The van der Waals surface area contributed by atoms with Crippen LogP contribution < -0.4 is 0 Å². The highest BCUT2D eigenvalue weighted by molar-refractivity contribution is 6.13. The highest BCUT2D eigenvalue weighted by Crippen LogP contribution is 2.18. The average molecular weight is 334 g/mol. The molecule has 1 aliphatic rings. The molecule has 0 aromatic heterocycles. The lowest BCUT2D eigenvalue weighted by atomic mass is 10.0. The summed E-state index contributed by atoms with van der Waals surface area (Å²) in [6, 6.07) is 20.4. The van der Waals surface area contributed by atoms with Gasteiger partial charge in [0.2, 0.25) is 0 Å². The van der Waals surface area contributed by atoms with Crippen LogP contribution in [0.25, 0.3) is 0 Å². The molecule has 0 spiro atoms. The summed E-state index contributed by atoms with van der Waals surface area (Å²) in [5, 5.41) is 0. The molecule has 1 aliphatic heterocycles. The maximum Gasteiger partial charge on any atom is 0.410 e. The molecule has 2 aromatic rings. The molecule has 1 fully saturated rings. The molecule has 1 amide bonds. The first-order chi connectivity index (χ1) is 12.3. The van der Waals surface area contributed by atoms with E-state index >= 15 is 0 Å². The quantitative estimate of drug-likeness (QED) is 0.614. The number of amides is 1. The monoisotopic (exact) mass is 334 g/mol. The zero-order chi connectivity index (χ0) is 17.5. The number of benzene rings is 2. The SMILES string of the molecule is C=CCOC(=O)N1CC[C@@H](N=C(c2ccccc2)c2ccccc2)C1. The smallest absolute Gasteiger partial charge is 0.410 e. The van der Waals surface area contributed by atoms with E-state index in [4.69, 9.17) is 9.73 Å². The molecule has 1 heterocycles. The Morgan fingerprint density at radius 1 is 1.12 bits per heavy atom. The van der Waals surface area contributed by atoms with Crippen LogP contribution in [0.3, 0.4) is 0 Å². The van der Waals surface area contributed by atoms with Crippen molar-refractivity contribution >= 4 is 11.8 Å². The van der Waals surface area contributed by atoms with Gasteiger partial charge in [0.25, 0.3) is 0 Å². The number of likely N-dealkylation sites (tertiary alicyclic amines) is 1. The molecule has 4 nitrogen and oxygen atoms in total. The minimum absolute atomic E-state index is 0.0756. The Bertz CT molecular complexity index is 700. The van der Waals surface area contributed by atoms with Gasteiger partial charge in [0.05, 0.1) is 11.8 Å². The number of nitrogens with zero attached hydrogens (tertiary/aromatic N) is 2. The Balaban J connectivity index is 1.80. The van der Waals surface area contributed by atoms with E-state index < -0.39 is 0 Å². The predicted octanol–water partition coefficient (Wildman–Crippen LogP) is 3.92. The molecular formula is C21H22N2O2. The third kappa shape index (κ3) is 4.35. The Hall–Kier alpha value is -2.88. The van der Waals surface area contributed by atoms with Gasteiger partial charge in [-0.1, -0.05) is 73.3 Å². The number of hydrogen-bond donors (Lipinski definition) is 0. The number of carbonyl (C=O) groups is 1. The Morgan fingerprint density at radius 2 is 1.72 bits per heavy atom. The molecule has 2 aromatic carbocycles. The van der Waals surface area contributed by atoms with Crippen LogP contribution in [0.1, 0.15) is 17.5 Å². The van der Waals surface area contributed by atoms with Crippen molar-refractivity contribution in [2.24, 2.45) is 4.99 Å². The maximum absolute atomic E-state index is 12.0.